The predicted octanol–water partition coefficient (Wildman–Crippen LogP) is 0.650. The van der Waals surface area contributed by atoms with Crippen LogP contribution in [0, 0.1) is 0 Å². The van der Waals surface area contributed by atoms with E-state index in [0.29, 0.717) is 11.5 Å². The van der Waals surface area contributed by atoms with Gasteiger partial charge < -0.3 is 11.1 Å². The van der Waals surface area contributed by atoms with Crippen molar-refractivity contribution < 1.29 is 4.79 Å². The first-order chi connectivity index (χ1) is 7.65. The molecule has 2 rings (SSSR count). The lowest BCUT2D eigenvalue weighted by Gasteiger charge is -2.01. The molecule has 0 radical (unpaired) electrons. The summed E-state index contributed by atoms with van der Waals surface area (Å²) >= 11 is 0. The zero-order valence-electron chi connectivity index (χ0n) is 8.71. The lowest BCUT2D eigenvalue weighted by atomic mass is 10.3. The number of amides is 1. The summed E-state index contributed by atoms with van der Waals surface area (Å²) in [5.74, 6) is 0.155. The molecule has 1 amide bonds. The smallest absolute Gasteiger partial charge is 0.275 e. The first-order valence-electron chi connectivity index (χ1n) is 4.67. The van der Waals surface area contributed by atoms with Gasteiger partial charge in [0, 0.05) is 31.2 Å². The van der Waals surface area contributed by atoms with Gasteiger partial charge in [-0.25, -0.2) is 0 Å². The Bertz CT molecular complexity index is 519. The molecule has 0 saturated carbocycles. The largest absolute Gasteiger partial charge is 0.399 e. The highest BCUT2D eigenvalue weighted by Crippen LogP contribution is 2.06. The highest BCUT2D eigenvalue weighted by atomic mass is 16.1. The molecule has 0 aliphatic carbocycles. The number of aryl methyl sites for hydroxylation is 1. The number of aromatic nitrogens is 3. The van der Waals surface area contributed by atoms with Gasteiger partial charge in [-0.3, -0.25) is 14.5 Å². The van der Waals surface area contributed by atoms with Gasteiger partial charge in [0.15, 0.2) is 5.82 Å². The quantitative estimate of drug-likeness (QED) is 0.773. The van der Waals surface area contributed by atoms with E-state index in [9.17, 15) is 4.79 Å². The Labute approximate surface area is 92.1 Å². The fourth-order valence-corrected chi connectivity index (χ4v) is 1.23. The summed E-state index contributed by atoms with van der Waals surface area (Å²) in [5, 5.41) is 6.64. The van der Waals surface area contributed by atoms with Crippen molar-refractivity contribution in [3.8, 4) is 0 Å². The number of pyridine rings is 1. The zero-order chi connectivity index (χ0) is 11.5. The van der Waals surface area contributed by atoms with E-state index < -0.39 is 0 Å². The van der Waals surface area contributed by atoms with E-state index in [2.05, 4.69) is 15.4 Å². The summed E-state index contributed by atoms with van der Waals surface area (Å²) in [6, 6.07) is 4.83. The number of nitrogen functional groups attached to an aromatic ring is 1. The minimum atomic E-state index is -0.328. The van der Waals surface area contributed by atoms with E-state index in [0.717, 1.165) is 0 Å². The molecule has 0 spiro atoms. The molecule has 6 nitrogen and oxygen atoms in total. The van der Waals surface area contributed by atoms with E-state index in [1.165, 1.54) is 12.3 Å². The van der Waals surface area contributed by atoms with Gasteiger partial charge in [0.05, 0.1) is 0 Å². The molecule has 16 heavy (non-hydrogen) atoms. The molecule has 0 aliphatic heterocycles. The Morgan fingerprint density at radius 3 is 2.94 bits per heavy atom. The second-order valence-corrected chi connectivity index (χ2v) is 3.30. The number of hydrogen-bond acceptors (Lipinski definition) is 4. The van der Waals surface area contributed by atoms with Crippen molar-refractivity contribution in [1.29, 1.82) is 0 Å². The molecule has 0 fully saturated rings. The summed E-state index contributed by atoms with van der Waals surface area (Å²) in [6.45, 7) is 0. The average Bonchev–Trinajstić information content (AvgIpc) is 2.64. The maximum atomic E-state index is 11.7. The highest BCUT2D eigenvalue weighted by molar-refractivity contribution is 6.02. The molecule has 2 aromatic heterocycles. The molecule has 0 aromatic carbocycles. The maximum absolute atomic E-state index is 11.7. The fourth-order valence-electron chi connectivity index (χ4n) is 1.23. The molecule has 2 heterocycles. The third kappa shape index (κ3) is 2.17. The summed E-state index contributed by atoms with van der Waals surface area (Å²) in [5.41, 5.74) is 6.32. The minimum Gasteiger partial charge on any atom is -0.399 e. The topological polar surface area (TPSA) is 85.8 Å². The molecular formula is C10H11N5O. The van der Waals surface area contributed by atoms with Gasteiger partial charge in [-0.1, -0.05) is 0 Å². The molecule has 0 aliphatic rings. The monoisotopic (exact) mass is 217 g/mol. The molecule has 2 aromatic rings. The number of nitrogens with two attached hydrogens (primary N) is 1. The second kappa shape index (κ2) is 4.01. The van der Waals surface area contributed by atoms with Crippen LogP contribution in [0.1, 0.15) is 10.5 Å². The van der Waals surface area contributed by atoms with Crippen LogP contribution in [0.4, 0.5) is 11.5 Å². The van der Waals surface area contributed by atoms with Crippen LogP contribution in [0.5, 0.6) is 0 Å². The summed E-state index contributed by atoms with van der Waals surface area (Å²) < 4.78 is 1.60. The Hall–Kier alpha value is -2.37. The van der Waals surface area contributed by atoms with E-state index in [1.54, 1.807) is 30.1 Å². The van der Waals surface area contributed by atoms with Crippen molar-refractivity contribution in [2.24, 2.45) is 7.05 Å². The van der Waals surface area contributed by atoms with Gasteiger partial charge in [-0.2, -0.15) is 5.10 Å². The van der Waals surface area contributed by atoms with Gasteiger partial charge in [0.25, 0.3) is 5.91 Å². The van der Waals surface area contributed by atoms with Gasteiger partial charge in [0.1, 0.15) is 5.69 Å². The standard InChI is InChI=1S/C10H11N5O/c1-15-5-3-9(14-15)13-10(16)8-6-7(11)2-4-12-8/h2-6H,1H3,(H2,11,12)(H,13,14,16). The van der Waals surface area contributed by atoms with Crippen LogP contribution >= 0.6 is 0 Å². The minimum absolute atomic E-state index is 0.269. The zero-order valence-corrected chi connectivity index (χ0v) is 8.71. The molecular weight excluding hydrogens is 206 g/mol. The van der Waals surface area contributed by atoms with E-state index in [-0.39, 0.29) is 11.6 Å². The number of rotatable bonds is 2. The number of nitrogens with one attached hydrogen (secondary N) is 1. The Morgan fingerprint density at radius 1 is 1.50 bits per heavy atom. The molecule has 0 bridgehead atoms. The van der Waals surface area contributed by atoms with Gasteiger partial charge >= 0.3 is 0 Å². The summed E-state index contributed by atoms with van der Waals surface area (Å²) in [7, 11) is 1.77. The van der Waals surface area contributed by atoms with Gasteiger partial charge in [0.2, 0.25) is 0 Å². The van der Waals surface area contributed by atoms with Crippen LogP contribution in [-0.4, -0.2) is 20.7 Å². The molecule has 82 valence electrons. The highest BCUT2D eigenvalue weighted by Gasteiger charge is 2.08. The van der Waals surface area contributed by atoms with Crippen LogP contribution in [0.15, 0.2) is 30.6 Å². The number of hydrogen-bond donors (Lipinski definition) is 2. The summed E-state index contributed by atoms with van der Waals surface area (Å²) in [6.07, 6.45) is 3.23. The van der Waals surface area contributed by atoms with Crippen molar-refractivity contribution in [1.82, 2.24) is 14.8 Å². The van der Waals surface area contributed by atoms with Crippen LogP contribution in [0.25, 0.3) is 0 Å². The van der Waals surface area contributed by atoms with Crippen LogP contribution in [0.3, 0.4) is 0 Å². The van der Waals surface area contributed by atoms with E-state index >= 15 is 0 Å². The normalized spacial score (nSPS) is 10.1. The molecule has 3 N–H and O–H groups in total. The molecule has 0 atom stereocenters. The lowest BCUT2D eigenvalue weighted by molar-refractivity contribution is 0.102. The number of carbonyl (C=O) groups is 1. The average molecular weight is 217 g/mol. The molecule has 0 unspecified atom stereocenters. The van der Waals surface area contributed by atoms with Crippen LogP contribution in [-0.2, 0) is 7.05 Å². The van der Waals surface area contributed by atoms with Crippen LogP contribution < -0.4 is 11.1 Å². The number of anilines is 2. The van der Waals surface area contributed by atoms with Gasteiger partial charge in [-0.05, 0) is 12.1 Å². The van der Waals surface area contributed by atoms with Crippen molar-refractivity contribution in [3.05, 3.63) is 36.3 Å². The second-order valence-electron chi connectivity index (χ2n) is 3.30. The van der Waals surface area contributed by atoms with Gasteiger partial charge in [-0.15, -0.1) is 0 Å². The Balaban J connectivity index is 2.14. The summed E-state index contributed by atoms with van der Waals surface area (Å²) in [4.78, 5) is 15.6. The first-order valence-corrected chi connectivity index (χ1v) is 4.67. The SMILES string of the molecule is Cn1ccc(NC(=O)c2cc(N)ccn2)n1. The Kier molecular flexibility index (Phi) is 2.55. The number of carbonyl (C=O) groups excluding carboxylic acids is 1. The van der Waals surface area contributed by atoms with E-state index in [4.69, 9.17) is 5.73 Å². The van der Waals surface area contributed by atoms with E-state index in [1.807, 2.05) is 0 Å². The van der Waals surface area contributed by atoms with Crippen molar-refractivity contribution in [2.45, 2.75) is 0 Å². The van der Waals surface area contributed by atoms with Crippen molar-refractivity contribution in [2.75, 3.05) is 11.1 Å². The van der Waals surface area contributed by atoms with Crippen molar-refractivity contribution >= 4 is 17.4 Å². The molecule has 6 heteroatoms. The first kappa shape index (κ1) is 10.2. The van der Waals surface area contributed by atoms with Crippen LogP contribution in [0.2, 0.25) is 0 Å². The predicted molar refractivity (Wildman–Crippen MR) is 59.8 cm³/mol. The van der Waals surface area contributed by atoms with Crippen molar-refractivity contribution in [3.63, 3.8) is 0 Å². The third-order valence-corrected chi connectivity index (χ3v) is 1.97. The number of nitrogens with zero attached hydrogens (tertiary/aromatic N) is 3. The lowest BCUT2D eigenvalue weighted by Crippen LogP contribution is -2.14. The maximum Gasteiger partial charge on any atom is 0.275 e. The third-order valence-electron chi connectivity index (χ3n) is 1.97. The molecule has 0 saturated heterocycles. The fraction of sp³-hybridized carbons (Fsp3) is 0.100. The Morgan fingerprint density at radius 2 is 2.31 bits per heavy atom.